The molecule has 3 aromatic carbocycles. The van der Waals surface area contributed by atoms with Gasteiger partial charge >= 0.3 is 7.05 Å². The van der Waals surface area contributed by atoms with Crippen molar-refractivity contribution in [2.24, 2.45) is 0 Å². The van der Waals surface area contributed by atoms with Gasteiger partial charge in [-0.1, -0.05) is 60.2 Å². The molecule has 0 radical (unpaired) electrons. The molecule has 4 nitrogen and oxygen atoms in total. The molecule has 138 valence electrons. The molecule has 0 spiro atoms. The van der Waals surface area contributed by atoms with Crippen LogP contribution in [0.1, 0.15) is 19.4 Å². The van der Waals surface area contributed by atoms with E-state index in [0.717, 1.165) is 21.8 Å². The van der Waals surface area contributed by atoms with Crippen LogP contribution in [-0.4, -0.2) is 31.8 Å². The van der Waals surface area contributed by atoms with Crippen molar-refractivity contribution >= 4 is 33.3 Å². The van der Waals surface area contributed by atoms with Crippen molar-refractivity contribution in [3.63, 3.8) is 0 Å². The summed E-state index contributed by atoms with van der Waals surface area (Å²) in [4.78, 5) is 0.289. The minimum atomic E-state index is -3.71. The molecule has 1 heterocycles. The van der Waals surface area contributed by atoms with Crippen LogP contribution in [0.5, 0.6) is 0 Å². The van der Waals surface area contributed by atoms with Crippen molar-refractivity contribution in [3.8, 4) is 0 Å². The molecule has 0 atom stereocenters. The highest BCUT2D eigenvalue weighted by Crippen LogP contribution is 2.32. The monoisotopic (exact) mass is 379 g/mol. The molecule has 0 N–H and O–H groups in total. The second-order valence-corrected chi connectivity index (χ2v) is 9.51. The lowest BCUT2D eigenvalue weighted by atomic mass is 9.72. The van der Waals surface area contributed by atoms with Crippen LogP contribution in [0.25, 0.3) is 10.8 Å². The van der Waals surface area contributed by atoms with Crippen molar-refractivity contribution in [2.45, 2.75) is 31.2 Å². The summed E-state index contributed by atoms with van der Waals surface area (Å²) >= 11 is 0. The topological polar surface area (TPSA) is 46.6 Å². The predicted octanol–water partition coefficient (Wildman–Crippen LogP) is 3.34. The van der Waals surface area contributed by atoms with Crippen LogP contribution in [0.15, 0.2) is 71.6 Å². The Morgan fingerprint density at radius 2 is 1.63 bits per heavy atom. The molecule has 1 aliphatic heterocycles. The third kappa shape index (κ3) is 3.18. The molecule has 6 heteroatoms. The predicted molar refractivity (Wildman–Crippen MR) is 110 cm³/mol. The number of aryl methyl sites for hydroxylation is 1. The zero-order valence-corrected chi connectivity index (χ0v) is 16.5. The Hall–Kier alpha value is -2.15. The number of benzene rings is 3. The molecule has 27 heavy (non-hydrogen) atoms. The Balaban J connectivity index is 1.81. The van der Waals surface area contributed by atoms with Gasteiger partial charge in [0, 0.05) is 12.1 Å². The van der Waals surface area contributed by atoms with Crippen LogP contribution in [0.2, 0.25) is 0 Å². The van der Waals surface area contributed by atoms with E-state index in [1.807, 2.05) is 75.4 Å². The Morgan fingerprint density at radius 1 is 0.963 bits per heavy atom. The molecule has 1 fully saturated rings. The van der Waals surface area contributed by atoms with Crippen LogP contribution in [0, 0.1) is 6.92 Å². The molecule has 1 saturated heterocycles. The molecule has 3 aromatic rings. The minimum absolute atomic E-state index is 0.289. The Bertz CT molecular complexity index is 1090. The van der Waals surface area contributed by atoms with E-state index in [0.29, 0.717) is 6.61 Å². The fourth-order valence-electron chi connectivity index (χ4n) is 3.60. The number of rotatable bonds is 3. The number of fused-ring (bicyclic) bond motifs is 1. The summed E-state index contributed by atoms with van der Waals surface area (Å²) in [5.41, 5.74) is 1.23. The first-order chi connectivity index (χ1) is 12.8. The maximum Gasteiger partial charge on any atom is 0.433 e. The summed E-state index contributed by atoms with van der Waals surface area (Å²) in [5, 5.41) is 2.18. The first-order valence-corrected chi connectivity index (χ1v) is 10.4. The van der Waals surface area contributed by atoms with Gasteiger partial charge < -0.3 is 4.65 Å². The van der Waals surface area contributed by atoms with Crippen LogP contribution in [0.4, 0.5) is 0 Å². The smallest absolute Gasteiger partial charge is 0.415 e. The molecule has 0 amide bonds. The van der Waals surface area contributed by atoms with Crippen LogP contribution < -0.4 is 5.46 Å². The first kappa shape index (κ1) is 18.2. The van der Waals surface area contributed by atoms with E-state index in [9.17, 15) is 8.42 Å². The molecule has 1 aliphatic rings. The van der Waals surface area contributed by atoms with Gasteiger partial charge in [-0.2, -0.15) is 4.22 Å². The Labute approximate surface area is 161 Å². The summed E-state index contributed by atoms with van der Waals surface area (Å²) in [6, 6.07) is 21.0. The summed E-state index contributed by atoms with van der Waals surface area (Å²) < 4.78 is 34.4. The number of nitrogens with zero attached hydrogens (tertiary/aromatic N) is 1. The summed E-state index contributed by atoms with van der Waals surface area (Å²) in [6.45, 7) is 6.09. The van der Waals surface area contributed by atoms with E-state index in [4.69, 9.17) is 4.65 Å². The highest BCUT2D eigenvalue weighted by molar-refractivity contribution is 7.90. The fourth-order valence-corrected chi connectivity index (χ4v) is 5.44. The van der Waals surface area contributed by atoms with Gasteiger partial charge in [0.1, 0.15) is 0 Å². The zero-order valence-electron chi connectivity index (χ0n) is 15.7. The van der Waals surface area contributed by atoms with Crippen molar-refractivity contribution in [2.75, 3.05) is 6.61 Å². The number of hydrogen-bond acceptors (Lipinski definition) is 3. The van der Waals surface area contributed by atoms with Gasteiger partial charge in [0.25, 0.3) is 0 Å². The number of hydrogen-bond donors (Lipinski definition) is 0. The number of sulfonamides is 1. The molecule has 4 rings (SSSR count). The van der Waals surface area contributed by atoms with Gasteiger partial charge in [0.15, 0.2) is 0 Å². The lowest BCUT2D eigenvalue weighted by Gasteiger charge is -2.31. The van der Waals surface area contributed by atoms with E-state index >= 15 is 0 Å². The summed E-state index contributed by atoms with van der Waals surface area (Å²) in [5.74, 6) is 0. The lowest BCUT2D eigenvalue weighted by Crippen LogP contribution is -2.54. The van der Waals surface area contributed by atoms with Crippen molar-refractivity contribution in [3.05, 3.63) is 72.3 Å². The second kappa shape index (κ2) is 6.48. The molecule has 0 saturated carbocycles. The molecular weight excluding hydrogens is 357 g/mol. The third-order valence-electron chi connectivity index (χ3n) is 5.04. The normalized spacial score (nSPS) is 17.5. The maximum absolute atomic E-state index is 13.5. The summed E-state index contributed by atoms with van der Waals surface area (Å²) in [6.07, 6.45) is 0. The van der Waals surface area contributed by atoms with Crippen molar-refractivity contribution in [1.29, 1.82) is 0 Å². The molecule has 0 aromatic heterocycles. The van der Waals surface area contributed by atoms with Crippen molar-refractivity contribution < 1.29 is 13.1 Å². The standard InChI is InChI=1S/C21H22BNO3S/c1-16-8-12-20(13-9-16)27(24,25)23-21(2,3)15-26-22(23)19-11-10-17-6-4-5-7-18(17)14-19/h4-14H,15H2,1-3H3. The fraction of sp³-hybridized carbons (Fsp3) is 0.238. The maximum atomic E-state index is 13.5. The highest BCUT2D eigenvalue weighted by atomic mass is 32.2. The third-order valence-corrected chi connectivity index (χ3v) is 7.11. The average Bonchev–Trinajstić information content (AvgIpc) is 2.97. The van der Waals surface area contributed by atoms with E-state index in [2.05, 4.69) is 0 Å². The van der Waals surface area contributed by atoms with Gasteiger partial charge in [-0.3, -0.25) is 0 Å². The average molecular weight is 379 g/mol. The quantitative estimate of drug-likeness (QED) is 0.656. The SMILES string of the molecule is Cc1ccc(S(=O)(=O)N2B(c3ccc4ccccc4c3)OCC2(C)C)cc1. The highest BCUT2D eigenvalue weighted by Gasteiger charge is 2.52. The summed E-state index contributed by atoms with van der Waals surface area (Å²) in [7, 11) is -4.35. The zero-order chi connectivity index (χ0) is 19.2. The van der Waals surface area contributed by atoms with E-state index in [-0.39, 0.29) is 4.90 Å². The second-order valence-electron chi connectivity index (χ2n) is 7.70. The van der Waals surface area contributed by atoms with Gasteiger partial charge in [0.2, 0.25) is 10.0 Å². The first-order valence-electron chi connectivity index (χ1n) is 9.01. The van der Waals surface area contributed by atoms with E-state index in [1.54, 1.807) is 12.1 Å². The van der Waals surface area contributed by atoms with E-state index < -0.39 is 22.6 Å². The van der Waals surface area contributed by atoms with Gasteiger partial charge in [-0.15, -0.1) is 0 Å². The minimum Gasteiger partial charge on any atom is -0.415 e. The van der Waals surface area contributed by atoms with E-state index in [1.165, 1.54) is 4.22 Å². The molecular formula is C21H22BNO3S. The molecule has 0 unspecified atom stereocenters. The Kier molecular flexibility index (Phi) is 4.37. The van der Waals surface area contributed by atoms with Gasteiger partial charge in [-0.05, 0) is 49.1 Å². The van der Waals surface area contributed by atoms with Gasteiger partial charge in [-0.25, -0.2) is 8.42 Å². The Morgan fingerprint density at radius 3 is 2.33 bits per heavy atom. The van der Waals surface area contributed by atoms with Crippen molar-refractivity contribution in [1.82, 2.24) is 4.22 Å². The van der Waals surface area contributed by atoms with Crippen LogP contribution in [0.3, 0.4) is 0 Å². The molecule has 0 aliphatic carbocycles. The largest absolute Gasteiger partial charge is 0.433 e. The van der Waals surface area contributed by atoms with Crippen LogP contribution in [-0.2, 0) is 14.7 Å². The van der Waals surface area contributed by atoms with Crippen LogP contribution >= 0.6 is 0 Å². The van der Waals surface area contributed by atoms with Gasteiger partial charge in [0.05, 0.1) is 4.90 Å². The molecule has 0 bridgehead atoms. The lowest BCUT2D eigenvalue weighted by molar-refractivity contribution is 0.271.